The predicted molar refractivity (Wildman–Crippen MR) is 79.8 cm³/mol. The van der Waals surface area contributed by atoms with Crippen molar-refractivity contribution in [1.29, 1.82) is 0 Å². The maximum atomic E-state index is 12.7. The third kappa shape index (κ3) is 3.16. The minimum atomic E-state index is -1.02. The quantitative estimate of drug-likeness (QED) is 0.871. The van der Waals surface area contributed by atoms with Crippen LogP contribution < -0.4 is 0 Å². The molecule has 1 fully saturated rings. The molecular weight excluding hydrogens is 286 g/mol. The summed E-state index contributed by atoms with van der Waals surface area (Å²) in [4.78, 5) is 26.0. The highest BCUT2D eigenvalue weighted by molar-refractivity contribution is 5.95. The van der Waals surface area contributed by atoms with Crippen molar-refractivity contribution in [2.24, 2.45) is 5.41 Å². The van der Waals surface area contributed by atoms with E-state index < -0.39 is 11.4 Å². The number of hydrogen-bond acceptors (Lipinski definition) is 4. The van der Waals surface area contributed by atoms with Gasteiger partial charge in [0.05, 0.1) is 18.4 Å². The molecule has 2 heterocycles. The summed E-state index contributed by atoms with van der Waals surface area (Å²) in [5.74, 6) is -0.391. The first kappa shape index (κ1) is 16.5. The van der Waals surface area contributed by atoms with E-state index in [9.17, 15) is 14.7 Å². The largest absolute Gasteiger partial charge is 0.481 e. The molecule has 6 nitrogen and oxygen atoms in total. The SMILES string of the molecule is CCCc1occc1C(=O)N1CCCC(COC)(C(=O)O)C1. The number of carboxylic acids is 1. The van der Waals surface area contributed by atoms with E-state index in [1.54, 1.807) is 11.0 Å². The normalized spacial score (nSPS) is 21.8. The van der Waals surface area contributed by atoms with E-state index in [1.165, 1.54) is 13.4 Å². The van der Waals surface area contributed by atoms with E-state index in [0.29, 0.717) is 37.1 Å². The van der Waals surface area contributed by atoms with Gasteiger partial charge in [-0.15, -0.1) is 0 Å². The highest BCUT2D eigenvalue weighted by atomic mass is 16.5. The molecule has 2 rings (SSSR count). The molecule has 0 spiro atoms. The van der Waals surface area contributed by atoms with Gasteiger partial charge in [0.15, 0.2) is 0 Å². The summed E-state index contributed by atoms with van der Waals surface area (Å²) in [5.41, 5.74) is -0.474. The molecule has 1 aliphatic rings. The van der Waals surface area contributed by atoms with Gasteiger partial charge in [-0.05, 0) is 25.3 Å². The molecule has 1 aromatic rings. The Bertz CT molecular complexity index is 534. The lowest BCUT2D eigenvalue weighted by atomic mass is 9.80. The number of carbonyl (C=O) groups excluding carboxylic acids is 1. The molecule has 6 heteroatoms. The van der Waals surface area contributed by atoms with Gasteiger partial charge in [0.1, 0.15) is 11.2 Å². The number of aliphatic carboxylic acids is 1. The number of methoxy groups -OCH3 is 1. The third-order valence-corrected chi connectivity index (χ3v) is 4.19. The fourth-order valence-corrected chi connectivity index (χ4v) is 3.06. The van der Waals surface area contributed by atoms with Crippen LogP contribution in [-0.2, 0) is 16.0 Å². The van der Waals surface area contributed by atoms with E-state index in [0.717, 1.165) is 6.42 Å². The van der Waals surface area contributed by atoms with Crippen molar-refractivity contribution in [2.75, 3.05) is 26.8 Å². The second-order valence-corrected chi connectivity index (χ2v) is 5.86. The van der Waals surface area contributed by atoms with Crippen molar-refractivity contribution < 1.29 is 23.8 Å². The van der Waals surface area contributed by atoms with Crippen LogP contribution in [0.5, 0.6) is 0 Å². The summed E-state index contributed by atoms with van der Waals surface area (Å²) in [6.07, 6.45) is 4.28. The zero-order valence-corrected chi connectivity index (χ0v) is 13.1. The number of hydrogen-bond donors (Lipinski definition) is 1. The van der Waals surface area contributed by atoms with Crippen LogP contribution in [0, 0.1) is 5.41 Å². The maximum absolute atomic E-state index is 12.7. The Morgan fingerprint density at radius 1 is 1.50 bits per heavy atom. The molecule has 1 amide bonds. The topological polar surface area (TPSA) is 80.0 Å². The highest BCUT2D eigenvalue weighted by Gasteiger charge is 2.44. The molecule has 0 aliphatic carbocycles. The number of rotatable bonds is 6. The molecule has 1 unspecified atom stereocenters. The first-order valence-electron chi connectivity index (χ1n) is 7.62. The average Bonchev–Trinajstić information content (AvgIpc) is 2.95. The van der Waals surface area contributed by atoms with Gasteiger partial charge < -0.3 is 19.2 Å². The van der Waals surface area contributed by atoms with Crippen LogP contribution >= 0.6 is 0 Å². The second-order valence-electron chi connectivity index (χ2n) is 5.86. The van der Waals surface area contributed by atoms with Crippen molar-refractivity contribution in [2.45, 2.75) is 32.6 Å². The zero-order chi connectivity index (χ0) is 16.2. The standard InChI is InChI=1S/C16H23NO5/c1-3-5-13-12(6-9-22-13)14(18)17-8-4-7-16(10-17,11-21-2)15(19)20/h6,9H,3-5,7-8,10-11H2,1-2H3,(H,19,20). The number of furan rings is 1. The number of likely N-dealkylation sites (tertiary alicyclic amines) is 1. The molecule has 0 radical (unpaired) electrons. The number of piperidine rings is 1. The van der Waals surface area contributed by atoms with Gasteiger partial charge in [-0.1, -0.05) is 6.92 Å². The van der Waals surface area contributed by atoms with Crippen LogP contribution in [0.25, 0.3) is 0 Å². The van der Waals surface area contributed by atoms with E-state index in [4.69, 9.17) is 9.15 Å². The van der Waals surface area contributed by atoms with Gasteiger partial charge in [-0.2, -0.15) is 0 Å². The summed E-state index contributed by atoms with van der Waals surface area (Å²) in [6, 6.07) is 1.67. The summed E-state index contributed by atoms with van der Waals surface area (Å²) < 4.78 is 10.5. The Hall–Kier alpha value is -1.82. The Balaban J connectivity index is 2.19. The van der Waals surface area contributed by atoms with E-state index in [1.807, 2.05) is 6.92 Å². The van der Waals surface area contributed by atoms with E-state index in [-0.39, 0.29) is 19.1 Å². The van der Waals surface area contributed by atoms with Crippen molar-refractivity contribution in [3.8, 4) is 0 Å². The van der Waals surface area contributed by atoms with Crippen LogP contribution in [0.2, 0.25) is 0 Å². The fraction of sp³-hybridized carbons (Fsp3) is 0.625. The Labute approximate surface area is 130 Å². The second kappa shape index (κ2) is 6.96. The fourth-order valence-electron chi connectivity index (χ4n) is 3.06. The highest BCUT2D eigenvalue weighted by Crippen LogP contribution is 2.32. The lowest BCUT2D eigenvalue weighted by molar-refractivity contribution is -0.155. The van der Waals surface area contributed by atoms with Crippen LogP contribution in [-0.4, -0.2) is 48.7 Å². The summed E-state index contributed by atoms with van der Waals surface area (Å²) >= 11 is 0. The molecule has 1 N–H and O–H groups in total. The summed E-state index contributed by atoms with van der Waals surface area (Å²) in [7, 11) is 1.49. The minimum absolute atomic E-state index is 0.110. The number of ether oxygens (including phenoxy) is 1. The van der Waals surface area contributed by atoms with Gasteiger partial charge in [0.2, 0.25) is 0 Å². The third-order valence-electron chi connectivity index (χ3n) is 4.19. The van der Waals surface area contributed by atoms with Gasteiger partial charge >= 0.3 is 5.97 Å². The predicted octanol–water partition coefficient (Wildman–Crippen LogP) is 2.19. The summed E-state index contributed by atoms with van der Waals surface area (Å²) in [6.45, 7) is 2.87. The van der Waals surface area contributed by atoms with Crippen molar-refractivity contribution >= 4 is 11.9 Å². The average molecular weight is 309 g/mol. The van der Waals surface area contributed by atoms with E-state index in [2.05, 4.69) is 0 Å². The Morgan fingerprint density at radius 2 is 2.27 bits per heavy atom. The van der Waals surface area contributed by atoms with Crippen LogP contribution in [0.1, 0.15) is 42.3 Å². The maximum Gasteiger partial charge on any atom is 0.313 e. The van der Waals surface area contributed by atoms with Crippen LogP contribution in [0.15, 0.2) is 16.7 Å². The van der Waals surface area contributed by atoms with Crippen molar-refractivity contribution in [3.05, 3.63) is 23.7 Å². The Morgan fingerprint density at radius 3 is 2.91 bits per heavy atom. The van der Waals surface area contributed by atoms with Gasteiger partial charge in [0, 0.05) is 26.6 Å². The molecule has 22 heavy (non-hydrogen) atoms. The van der Waals surface area contributed by atoms with Crippen LogP contribution in [0.3, 0.4) is 0 Å². The molecule has 0 saturated carbocycles. The first-order valence-corrected chi connectivity index (χ1v) is 7.62. The minimum Gasteiger partial charge on any atom is -0.481 e. The molecule has 0 aromatic carbocycles. The van der Waals surface area contributed by atoms with Gasteiger partial charge in [0.25, 0.3) is 5.91 Å². The smallest absolute Gasteiger partial charge is 0.313 e. The number of carboxylic acid groups (broad SMARTS) is 1. The zero-order valence-electron chi connectivity index (χ0n) is 13.1. The van der Waals surface area contributed by atoms with Gasteiger partial charge in [-0.3, -0.25) is 9.59 Å². The van der Waals surface area contributed by atoms with Gasteiger partial charge in [-0.25, -0.2) is 0 Å². The van der Waals surface area contributed by atoms with Crippen LogP contribution in [0.4, 0.5) is 0 Å². The van der Waals surface area contributed by atoms with E-state index >= 15 is 0 Å². The molecule has 1 aromatic heterocycles. The molecule has 122 valence electrons. The van der Waals surface area contributed by atoms with Crippen molar-refractivity contribution in [1.82, 2.24) is 4.90 Å². The lowest BCUT2D eigenvalue weighted by Crippen LogP contribution is -2.52. The van der Waals surface area contributed by atoms with Crippen molar-refractivity contribution in [3.63, 3.8) is 0 Å². The summed E-state index contributed by atoms with van der Waals surface area (Å²) in [5, 5.41) is 9.55. The number of aryl methyl sites for hydroxylation is 1. The molecule has 1 atom stereocenters. The Kier molecular flexibility index (Phi) is 5.24. The number of carbonyl (C=O) groups is 2. The monoisotopic (exact) mass is 309 g/mol. The first-order chi connectivity index (χ1) is 10.5. The molecular formula is C16H23NO5. The molecule has 1 aliphatic heterocycles. The number of nitrogens with zero attached hydrogens (tertiary/aromatic N) is 1. The lowest BCUT2D eigenvalue weighted by Gasteiger charge is -2.39. The number of amides is 1. The molecule has 0 bridgehead atoms. The molecule has 1 saturated heterocycles.